The highest BCUT2D eigenvalue weighted by Crippen LogP contribution is 2.45. The average molecular weight is 187 g/mol. The second-order valence-corrected chi connectivity index (χ2v) is 3.54. The summed E-state index contributed by atoms with van der Waals surface area (Å²) in [5.41, 5.74) is -0.437. The molecule has 1 amide bonds. The summed E-state index contributed by atoms with van der Waals surface area (Å²) in [5, 5.41) is 11.7. The number of amides is 1. The van der Waals surface area contributed by atoms with Crippen molar-refractivity contribution >= 4 is 5.91 Å². The fraction of sp³-hybridized carbons (Fsp3) is 0.889. The lowest BCUT2D eigenvalue weighted by molar-refractivity contribution is -0.127. The summed E-state index contributed by atoms with van der Waals surface area (Å²) < 4.78 is 4.85. The Morgan fingerprint density at radius 3 is 2.77 bits per heavy atom. The van der Waals surface area contributed by atoms with E-state index in [1.807, 2.05) is 0 Å². The first-order valence-electron chi connectivity index (χ1n) is 4.63. The van der Waals surface area contributed by atoms with Gasteiger partial charge in [0.25, 0.3) is 0 Å². The predicted molar refractivity (Wildman–Crippen MR) is 48.3 cm³/mol. The molecule has 1 fully saturated rings. The van der Waals surface area contributed by atoms with Crippen LogP contribution in [-0.4, -0.2) is 37.9 Å². The molecule has 1 rings (SSSR count). The lowest BCUT2D eigenvalue weighted by Gasteiger charge is -2.11. The van der Waals surface area contributed by atoms with Crippen molar-refractivity contribution in [3.05, 3.63) is 0 Å². The largest absolute Gasteiger partial charge is 0.395 e. The van der Waals surface area contributed by atoms with Crippen molar-refractivity contribution in [3.63, 3.8) is 0 Å². The number of ether oxygens (including phenoxy) is 1. The van der Waals surface area contributed by atoms with Gasteiger partial charge in [-0.05, 0) is 19.3 Å². The van der Waals surface area contributed by atoms with Crippen molar-refractivity contribution in [3.8, 4) is 0 Å². The Kier molecular flexibility index (Phi) is 3.69. The SMILES string of the molecule is COCCCNC(=O)C1(CO)CC1. The topological polar surface area (TPSA) is 58.6 Å². The van der Waals surface area contributed by atoms with E-state index in [9.17, 15) is 4.79 Å². The van der Waals surface area contributed by atoms with Gasteiger partial charge in [0, 0.05) is 20.3 Å². The molecule has 1 aliphatic rings. The molecule has 0 unspecified atom stereocenters. The number of methoxy groups -OCH3 is 1. The van der Waals surface area contributed by atoms with E-state index in [1.165, 1.54) is 0 Å². The van der Waals surface area contributed by atoms with Crippen LogP contribution >= 0.6 is 0 Å². The van der Waals surface area contributed by atoms with E-state index in [0.29, 0.717) is 13.2 Å². The van der Waals surface area contributed by atoms with E-state index < -0.39 is 5.41 Å². The molecule has 13 heavy (non-hydrogen) atoms. The fourth-order valence-electron chi connectivity index (χ4n) is 1.21. The van der Waals surface area contributed by atoms with Gasteiger partial charge in [0.15, 0.2) is 0 Å². The first-order valence-corrected chi connectivity index (χ1v) is 4.63. The zero-order chi connectivity index (χ0) is 9.73. The Balaban J connectivity index is 2.11. The Bertz CT molecular complexity index is 178. The fourth-order valence-corrected chi connectivity index (χ4v) is 1.21. The maximum Gasteiger partial charge on any atom is 0.228 e. The molecule has 1 saturated carbocycles. The molecule has 4 heteroatoms. The average Bonchev–Trinajstić information content (AvgIpc) is 2.93. The summed E-state index contributed by atoms with van der Waals surface area (Å²) in [7, 11) is 1.64. The molecule has 0 spiro atoms. The van der Waals surface area contributed by atoms with Gasteiger partial charge in [0.05, 0.1) is 12.0 Å². The Labute approximate surface area is 78.3 Å². The third-order valence-electron chi connectivity index (χ3n) is 2.45. The minimum absolute atomic E-state index is 0.00824. The first-order chi connectivity index (χ1) is 6.25. The van der Waals surface area contributed by atoms with Gasteiger partial charge in [0.2, 0.25) is 5.91 Å². The third-order valence-corrected chi connectivity index (χ3v) is 2.45. The molecule has 4 nitrogen and oxygen atoms in total. The second kappa shape index (κ2) is 4.58. The lowest BCUT2D eigenvalue weighted by atomic mass is 10.1. The molecule has 0 aliphatic heterocycles. The normalized spacial score (nSPS) is 18.3. The van der Waals surface area contributed by atoms with E-state index in [1.54, 1.807) is 7.11 Å². The Morgan fingerprint density at radius 2 is 2.31 bits per heavy atom. The van der Waals surface area contributed by atoms with Gasteiger partial charge in [-0.1, -0.05) is 0 Å². The zero-order valence-corrected chi connectivity index (χ0v) is 8.01. The van der Waals surface area contributed by atoms with Gasteiger partial charge >= 0.3 is 0 Å². The number of hydrogen-bond donors (Lipinski definition) is 2. The molecule has 0 heterocycles. The maximum atomic E-state index is 11.4. The van der Waals surface area contributed by atoms with Gasteiger partial charge in [-0.3, -0.25) is 4.79 Å². The van der Waals surface area contributed by atoms with Crippen LogP contribution < -0.4 is 5.32 Å². The summed E-state index contributed by atoms with van der Waals surface area (Å²) in [6.45, 7) is 1.27. The molecule has 76 valence electrons. The van der Waals surface area contributed by atoms with Crippen LogP contribution in [0, 0.1) is 5.41 Å². The highest BCUT2D eigenvalue weighted by molar-refractivity contribution is 5.85. The van der Waals surface area contributed by atoms with E-state index in [4.69, 9.17) is 9.84 Å². The van der Waals surface area contributed by atoms with Crippen LogP contribution in [0.25, 0.3) is 0 Å². The van der Waals surface area contributed by atoms with Gasteiger partial charge in [-0.25, -0.2) is 0 Å². The Hall–Kier alpha value is -0.610. The van der Waals surface area contributed by atoms with Crippen LogP contribution in [-0.2, 0) is 9.53 Å². The van der Waals surface area contributed by atoms with Crippen molar-refractivity contribution in [2.45, 2.75) is 19.3 Å². The van der Waals surface area contributed by atoms with E-state index in [2.05, 4.69) is 5.32 Å². The summed E-state index contributed by atoms with van der Waals surface area (Å²) >= 11 is 0. The smallest absolute Gasteiger partial charge is 0.228 e. The molecule has 0 aromatic heterocycles. The molecule has 0 bridgehead atoms. The molecule has 0 aromatic rings. The number of carbonyl (C=O) groups excluding carboxylic acids is 1. The van der Waals surface area contributed by atoms with E-state index in [0.717, 1.165) is 19.3 Å². The van der Waals surface area contributed by atoms with Gasteiger partial charge < -0.3 is 15.2 Å². The van der Waals surface area contributed by atoms with Crippen LogP contribution in [0.15, 0.2) is 0 Å². The summed E-state index contributed by atoms with van der Waals surface area (Å²) in [5.74, 6) is -0.00824. The van der Waals surface area contributed by atoms with Crippen molar-refractivity contribution in [2.24, 2.45) is 5.41 Å². The van der Waals surface area contributed by atoms with Crippen LogP contribution in [0.1, 0.15) is 19.3 Å². The third kappa shape index (κ3) is 2.67. The highest BCUT2D eigenvalue weighted by atomic mass is 16.5. The monoisotopic (exact) mass is 187 g/mol. The van der Waals surface area contributed by atoms with Crippen molar-refractivity contribution in [1.82, 2.24) is 5.32 Å². The number of carbonyl (C=O) groups is 1. The quantitative estimate of drug-likeness (QED) is 0.571. The molecule has 0 atom stereocenters. The first kappa shape index (κ1) is 10.5. The molecule has 2 N–H and O–H groups in total. The standard InChI is InChI=1S/C9H17NO3/c1-13-6-2-5-10-8(12)9(7-11)3-4-9/h11H,2-7H2,1H3,(H,10,12). The molecule has 0 aromatic carbocycles. The Morgan fingerprint density at radius 1 is 1.62 bits per heavy atom. The van der Waals surface area contributed by atoms with Crippen molar-refractivity contribution in [1.29, 1.82) is 0 Å². The molecular formula is C9H17NO3. The number of rotatable bonds is 6. The van der Waals surface area contributed by atoms with Gasteiger partial charge in [-0.2, -0.15) is 0 Å². The number of aliphatic hydroxyl groups is 1. The minimum atomic E-state index is -0.437. The maximum absolute atomic E-state index is 11.4. The molecule has 1 aliphatic carbocycles. The molecule has 0 radical (unpaired) electrons. The van der Waals surface area contributed by atoms with Crippen LogP contribution in [0.5, 0.6) is 0 Å². The van der Waals surface area contributed by atoms with Gasteiger partial charge in [-0.15, -0.1) is 0 Å². The van der Waals surface area contributed by atoms with Crippen LogP contribution in [0.2, 0.25) is 0 Å². The van der Waals surface area contributed by atoms with Crippen molar-refractivity contribution in [2.75, 3.05) is 26.9 Å². The summed E-state index contributed by atoms with van der Waals surface area (Å²) in [6.07, 6.45) is 2.46. The second-order valence-electron chi connectivity index (χ2n) is 3.54. The molecule has 0 saturated heterocycles. The van der Waals surface area contributed by atoms with E-state index >= 15 is 0 Å². The summed E-state index contributed by atoms with van der Waals surface area (Å²) in [6, 6.07) is 0. The zero-order valence-electron chi connectivity index (χ0n) is 8.01. The van der Waals surface area contributed by atoms with E-state index in [-0.39, 0.29) is 12.5 Å². The van der Waals surface area contributed by atoms with Gasteiger partial charge in [0.1, 0.15) is 0 Å². The minimum Gasteiger partial charge on any atom is -0.395 e. The van der Waals surface area contributed by atoms with Crippen molar-refractivity contribution < 1.29 is 14.6 Å². The van der Waals surface area contributed by atoms with Crippen LogP contribution in [0.3, 0.4) is 0 Å². The van der Waals surface area contributed by atoms with Crippen LogP contribution in [0.4, 0.5) is 0 Å². The predicted octanol–water partition coefficient (Wildman–Crippen LogP) is -0.0884. The number of hydrogen-bond acceptors (Lipinski definition) is 3. The summed E-state index contributed by atoms with van der Waals surface area (Å²) in [4.78, 5) is 11.4. The molecular weight excluding hydrogens is 170 g/mol. The number of aliphatic hydroxyl groups excluding tert-OH is 1. The highest BCUT2D eigenvalue weighted by Gasteiger charge is 2.48. The number of nitrogens with one attached hydrogen (secondary N) is 1. The lowest BCUT2D eigenvalue weighted by Crippen LogP contribution is -2.35.